The van der Waals surface area contributed by atoms with E-state index < -0.39 is 5.60 Å². The van der Waals surface area contributed by atoms with Crippen LogP contribution in [0.4, 0.5) is 5.69 Å². The summed E-state index contributed by atoms with van der Waals surface area (Å²) in [5.41, 5.74) is 0.712. The number of aryl methyl sites for hydroxylation is 1. The van der Waals surface area contributed by atoms with E-state index in [4.69, 9.17) is 4.74 Å². The molecule has 1 fully saturated rings. The van der Waals surface area contributed by atoms with Gasteiger partial charge in [-0.2, -0.15) is 0 Å². The number of anilines is 1. The Morgan fingerprint density at radius 3 is 3.00 bits per heavy atom. The van der Waals surface area contributed by atoms with Crippen molar-refractivity contribution >= 4 is 16.6 Å². The maximum Gasteiger partial charge on any atom is 0.252 e. The number of fused-ring (bicyclic) bond motifs is 1. The fraction of sp³-hybridized carbons (Fsp3) is 0.400. The fourth-order valence-corrected chi connectivity index (χ4v) is 2.55. The minimum Gasteiger partial charge on any atom is -0.386 e. The summed E-state index contributed by atoms with van der Waals surface area (Å²) >= 11 is 0. The second kappa shape index (κ2) is 4.92. The van der Waals surface area contributed by atoms with Crippen molar-refractivity contribution in [3.63, 3.8) is 0 Å². The van der Waals surface area contributed by atoms with Crippen LogP contribution >= 0.6 is 0 Å². The van der Waals surface area contributed by atoms with Crippen LogP contribution in [0.25, 0.3) is 10.9 Å². The third-order valence-electron chi connectivity index (χ3n) is 3.84. The minimum atomic E-state index is -0.845. The number of nitrogens with one attached hydrogen (secondary N) is 1. The first-order chi connectivity index (χ1) is 9.59. The summed E-state index contributed by atoms with van der Waals surface area (Å²) < 4.78 is 6.84. The molecule has 2 aromatic rings. The van der Waals surface area contributed by atoms with Gasteiger partial charge in [0.05, 0.1) is 12.1 Å². The first-order valence-electron chi connectivity index (χ1n) is 6.72. The number of aromatic nitrogens is 1. The Labute approximate surface area is 116 Å². The predicted octanol–water partition coefficient (Wildman–Crippen LogP) is 1.10. The summed E-state index contributed by atoms with van der Waals surface area (Å²) in [6.45, 7) is 1.29. The third-order valence-corrected chi connectivity index (χ3v) is 3.84. The van der Waals surface area contributed by atoms with Gasteiger partial charge in [-0.15, -0.1) is 0 Å². The molecule has 0 radical (unpaired) electrons. The zero-order valence-corrected chi connectivity index (χ0v) is 11.4. The van der Waals surface area contributed by atoms with Gasteiger partial charge in [0.25, 0.3) is 5.56 Å². The van der Waals surface area contributed by atoms with Crippen molar-refractivity contribution in [2.24, 2.45) is 7.05 Å². The van der Waals surface area contributed by atoms with Crippen molar-refractivity contribution in [2.45, 2.75) is 12.0 Å². The fourth-order valence-electron chi connectivity index (χ4n) is 2.55. The van der Waals surface area contributed by atoms with Gasteiger partial charge in [0.2, 0.25) is 0 Å². The van der Waals surface area contributed by atoms with E-state index in [1.165, 1.54) is 0 Å². The molecule has 0 amide bonds. The van der Waals surface area contributed by atoms with Crippen LogP contribution in [0.2, 0.25) is 0 Å². The van der Waals surface area contributed by atoms with Gasteiger partial charge in [-0.3, -0.25) is 4.79 Å². The summed E-state index contributed by atoms with van der Waals surface area (Å²) in [7, 11) is 1.76. The SMILES string of the molecule is Cn1c(=O)cc(NCC2(O)CCOC2)c2ccccc21. The van der Waals surface area contributed by atoms with Crippen molar-refractivity contribution in [3.8, 4) is 0 Å². The Morgan fingerprint density at radius 1 is 1.45 bits per heavy atom. The second-order valence-electron chi connectivity index (χ2n) is 5.35. The lowest BCUT2D eigenvalue weighted by atomic mass is 10.0. The number of benzene rings is 1. The highest BCUT2D eigenvalue weighted by Crippen LogP contribution is 2.23. The number of nitrogens with zero attached hydrogens (tertiary/aromatic N) is 1. The normalized spacial score (nSPS) is 22.3. The Hall–Kier alpha value is -1.85. The Kier molecular flexibility index (Phi) is 3.23. The molecule has 1 aromatic carbocycles. The van der Waals surface area contributed by atoms with Crippen LogP contribution in [0.15, 0.2) is 35.1 Å². The molecule has 1 aliphatic rings. The number of ether oxygens (including phenoxy) is 1. The summed E-state index contributed by atoms with van der Waals surface area (Å²) in [4.78, 5) is 12.0. The van der Waals surface area contributed by atoms with E-state index in [-0.39, 0.29) is 5.56 Å². The van der Waals surface area contributed by atoms with E-state index in [1.807, 2.05) is 24.3 Å². The monoisotopic (exact) mass is 274 g/mol. The van der Waals surface area contributed by atoms with Crippen LogP contribution in [-0.4, -0.2) is 35.0 Å². The topological polar surface area (TPSA) is 63.5 Å². The molecule has 2 N–H and O–H groups in total. The molecule has 0 saturated carbocycles. The van der Waals surface area contributed by atoms with Gasteiger partial charge >= 0.3 is 0 Å². The van der Waals surface area contributed by atoms with Gasteiger partial charge in [0.1, 0.15) is 5.60 Å². The zero-order chi connectivity index (χ0) is 14.2. The molecule has 1 unspecified atom stereocenters. The largest absolute Gasteiger partial charge is 0.386 e. The average molecular weight is 274 g/mol. The number of aliphatic hydroxyl groups is 1. The second-order valence-corrected chi connectivity index (χ2v) is 5.35. The summed E-state index contributed by atoms with van der Waals surface area (Å²) in [5.74, 6) is 0. The molecular formula is C15H18N2O3. The number of pyridine rings is 1. The quantitative estimate of drug-likeness (QED) is 0.880. The average Bonchev–Trinajstić information content (AvgIpc) is 2.89. The maximum atomic E-state index is 12.0. The standard InChI is InChI=1S/C15H18N2O3/c1-17-13-5-3-2-4-11(13)12(8-14(17)18)16-9-15(19)6-7-20-10-15/h2-5,8,16,19H,6-7,9-10H2,1H3. The Bertz CT molecular complexity index is 687. The molecule has 1 saturated heterocycles. The van der Waals surface area contributed by atoms with Crippen LogP contribution in [0, 0.1) is 0 Å². The smallest absolute Gasteiger partial charge is 0.252 e. The van der Waals surface area contributed by atoms with E-state index in [0.29, 0.717) is 26.2 Å². The molecule has 3 rings (SSSR count). The molecular weight excluding hydrogens is 256 g/mol. The number of para-hydroxylation sites is 1. The highest BCUT2D eigenvalue weighted by molar-refractivity contribution is 5.91. The highest BCUT2D eigenvalue weighted by atomic mass is 16.5. The molecule has 106 valence electrons. The first kappa shape index (κ1) is 13.1. The van der Waals surface area contributed by atoms with E-state index >= 15 is 0 Å². The van der Waals surface area contributed by atoms with Crippen molar-refractivity contribution in [2.75, 3.05) is 25.1 Å². The van der Waals surface area contributed by atoms with Gasteiger partial charge in [-0.05, 0) is 6.07 Å². The van der Waals surface area contributed by atoms with Crippen LogP contribution < -0.4 is 10.9 Å². The van der Waals surface area contributed by atoms with Gasteiger partial charge in [0, 0.05) is 43.8 Å². The van der Waals surface area contributed by atoms with E-state index in [9.17, 15) is 9.90 Å². The zero-order valence-electron chi connectivity index (χ0n) is 11.4. The maximum absolute atomic E-state index is 12.0. The van der Waals surface area contributed by atoms with E-state index in [0.717, 1.165) is 16.6 Å². The lowest BCUT2D eigenvalue weighted by Gasteiger charge is -2.22. The van der Waals surface area contributed by atoms with Crippen LogP contribution in [-0.2, 0) is 11.8 Å². The van der Waals surface area contributed by atoms with Gasteiger partial charge < -0.3 is 19.7 Å². The van der Waals surface area contributed by atoms with Crippen molar-refractivity contribution < 1.29 is 9.84 Å². The molecule has 1 atom stereocenters. The van der Waals surface area contributed by atoms with Crippen molar-refractivity contribution in [3.05, 3.63) is 40.7 Å². The Morgan fingerprint density at radius 2 is 2.25 bits per heavy atom. The summed E-state index contributed by atoms with van der Waals surface area (Å²) in [5, 5.41) is 14.4. The van der Waals surface area contributed by atoms with Gasteiger partial charge in [0.15, 0.2) is 0 Å². The van der Waals surface area contributed by atoms with Gasteiger partial charge in [-0.25, -0.2) is 0 Å². The molecule has 0 spiro atoms. The molecule has 20 heavy (non-hydrogen) atoms. The van der Waals surface area contributed by atoms with E-state index in [2.05, 4.69) is 5.32 Å². The molecule has 5 heteroatoms. The minimum absolute atomic E-state index is 0.0686. The number of hydrogen-bond acceptors (Lipinski definition) is 4. The molecule has 5 nitrogen and oxygen atoms in total. The van der Waals surface area contributed by atoms with Crippen molar-refractivity contribution in [1.29, 1.82) is 0 Å². The lowest BCUT2D eigenvalue weighted by Crippen LogP contribution is -2.37. The molecule has 1 aliphatic heterocycles. The summed E-state index contributed by atoms with van der Waals surface area (Å²) in [6.07, 6.45) is 0.614. The predicted molar refractivity (Wildman–Crippen MR) is 78.1 cm³/mol. The molecule has 0 bridgehead atoms. The highest BCUT2D eigenvalue weighted by Gasteiger charge is 2.32. The van der Waals surface area contributed by atoms with Crippen LogP contribution in [0.1, 0.15) is 6.42 Å². The summed E-state index contributed by atoms with van der Waals surface area (Å²) in [6, 6.07) is 9.29. The van der Waals surface area contributed by atoms with E-state index in [1.54, 1.807) is 17.7 Å². The molecule has 0 aliphatic carbocycles. The van der Waals surface area contributed by atoms with Gasteiger partial charge in [-0.1, -0.05) is 18.2 Å². The lowest BCUT2D eigenvalue weighted by molar-refractivity contribution is 0.0382. The number of hydrogen-bond donors (Lipinski definition) is 2. The Balaban J connectivity index is 1.95. The van der Waals surface area contributed by atoms with Crippen LogP contribution in [0.3, 0.4) is 0 Å². The van der Waals surface area contributed by atoms with Crippen molar-refractivity contribution in [1.82, 2.24) is 4.57 Å². The van der Waals surface area contributed by atoms with Crippen LogP contribution in [0.5, 0.6) is 0 Å². The molecule has 2 heterocycles. The molecule has 1 aromatic heterocycles. The first-order valence-corrected chi connectivity index (χ1v) is 6.72. The third kappa shape index (κ3) is 2.30. The number of rotatable bonds is 3.